The monoisotopic (exact) mass is 406 g/mol. The number of anilines is 1. The van der Waals surface area contributed by atoms with Gasteiger partial charge in [-0.2, -0.15) is 0 Å². The van der Waals surface area contributed by atoms with Gasteiger partial charge < -0.3 is 5.32 Å². The third kappa shape index (κ3) is 4.80. The molecule has 23 heavy (non-hydrogen) atoms. The van der Waals surface area contributed by atoms with Crippen LogP contribution in [0.15, 0.2) is 51.3 Å². The number of aliphatic imine (C=N–C) groups is 1. The van der Waals surface area contributed by atoms with Crippen molar-refractivity contribution < 1.29 is 4.79 Å². The predicted molar refractivity (Wildman–Crippen MR) is 105 cm³/mol. The van der Waals surface area contributed by atoms with Crippen molar-refractivity contribution in [2.75, 3.05) is 17.6 Å². The van der Waals surface area contributed by atoms with Crippen LogP contribution in [-0.2, 0) is 0 Å². The van der Waals surface area contributed by atoms with Crippen LogP contribution < -0.4 is 5.32 Å². The summed E-state index contributed by atoms with van der Waals surface area (Å²) >= 11 is 6.74. The molecule has 1 aliphatic rings. The molecule has 118 valence electrons. The van der Waals surface area contributed by atoms with Crippen LogP contribution in [0.25, 0.3) is 6.08 Å². The van der Waals surface area contributed by atoms with Crippen LogP contribution in [-0.4, -0.2) is 23.2 Å². The smallest absolute Gasteiger partial charge is 0.185 e. The van der Waals surface area contributed by atoms with Gasteiger partial charge in [-0.25, -0.2) is 0 Å². The van der Waals surface area contributed by atoms with Gasteiger partial charge in [-0.15, -0.1) is 11.3 Å². The molecular formula is C17H15BrN2OS2. The number of nitrogens with zero attached hydrogens (tertiary/aromatic N) is 1. The summed E-state index contributed by atoms with van der Waals surface area (Å²) in [5.41, 5.74) is 1.64. The van der Waals surface area contributed by atoms with Crippen LogP contribution in [0.4, 0.5) is 5.69 Å². The van der Waals surface area contributed by atoms with Crippen molar-refractivity contribution >= 4 is 61.7 Å². The lowest BCUT2D eigenvalue weighted by molar-refractivity contribution is 0.104. The lowest BCUT2D eigenvalue weighted by atomic mass is 10.1. The number of rotatable bonds is 4. The number of nitrogens with one attached hydrogen (secondary N) is 1. The first-order valence-electron chi connectivity index (χ1n) is 7.21. The molecule has 0 amide bonds. The Bertz CT molecular complexity index is 750. The molecule has 0 aliphatic carbocycles. The maximum atomic E-state index is 12.2. The van der Waals surface area contributed by atoms with Crippen molar-refractivity contribution in [3.63, 3.8) is 0 Å². The van der Waals surface area contributed by atoms with Crippen LogP contribution >= 0.6 is 39.0 Å². The van der Waals surface area contributed by atoms with E-state index in [0.29, 0.717) is 5.56 Å². The van der Waals surface area contributed by atoms with E-state index >= 15 is 0 Å². The molecule has 0 bridgehead atoms. The van der Waals surface area contributed by atoms with Gasteiger partial charge in [-0.3, -0.25) is 9.79 Å². The van der Waals surface area contributed by atoms with E-state index in [9.17, 15) is 4.79 Å². The fraction of sp³-hybridized carbons (Fsp3) is 0.176. The molecule has 6 heteroatoms. The van der Waals surface area contributed by atoms with Gasteiger partial charge in [0.1, 0.15) is 0 Å². The Hall–Kier alpha value is -1.37. The highest BCUT2D eigenvalue weighted by Gasteiger charge is 2.07. The summed E-state index contributed by atoms with van der Waals surface area (Å²) in [6.45, 7) is 0.884. The normalized spacial score (nSPS) is 14.7. The van der Waals surface area contributed by atoms with Crippen molar-refractivity contribution in [3.05, 3.63) is 56.7 Å². The number of carbonyl (C=O) groups excluding carboxylic acids is 1. The van der Waals surface area contributed by atoms with Crippen LogP contribution in [0.3, 0.4) is 0 Å². The molecule has 1 aromatic heterocycles. The zero-order valence-corrected chi connectivity index (χ0v) is 15.5. The van der Waals surface area contributed by atoms with Crippen LogP contribution in [0.2, 0.25) is 0 Å². The molecule has 0 radical (unpaired) electrons. The Labute approximate surface area is 152 Å². The fourth-order valence-electron chi connectivity index (χ4n) is 2.05. The van der Waals surface area contributed by atoms with E-state index in [2.05, 4.69) is 26.2 Å². The minimum Gasteiger partial charge on any atom is -0.335 e. The maximum Gasteiger partial charge on any atom is 0.185 e. The van der Waals surface area contributed by atoms with Crippen LogP contribution in [0.1, 0.15) is 21.7 Å². The minimum absolute atomic E-state index is 0.00505. The SMILES string of the molecule is O=C(C=Cc1cc(Br)cs1)c1ccc(NC2=NCCCS2)cc1. The number of benzene rings is 1. The molecule has 0 unspecified atom stereocenters. The van der Waals surface area contributed by atoms with E-state index in [1.54, 1.807) is 29.2 Å². The summed E-state index contributed by atoms with van der Waals surface area (Å²) in [4.78, 5) is 17.7. The Balaban J connectivity index is 1.63. The number of carbonyl (C=O) groups is 1. The van der Waals surface area contributed by atoms with Gasteiger partial charge in [0, 0.05) is 38.3 Å². The van der Waals surface area contributed by atoms with Gasteiger partial charge in [0.2, 0.25) is 0 Å². The lowest BCUT2D eigenvalue weighted by Gasteiger charge is -2.13. The summed E-state index contributed by atoms with van der Waals surface area (Å²) in [6.07, 6.45) is 4.59. The van der Waals surface area contributed by atoms with Gasteiger partial charge in [0.05, 0.1) is 0 Å². The van der Waals surface area contributed by atoms with Crippen molar-refractivity contribution in [1.82, 2.24) is 0 Å². The molecule has 1 aliphatic heterocycles. The van der Waals surface area contributed by atoms with Gasteiger partial charge in [0.25, 0.3) is 0 Å². The summed E-state index contributed by atoms with van der Waals surface area (Å²) < 4.78 is 1.04. The molecule has 0 fully saturated rings. The van der Waals surface area contributed by atoms with Gasteiger partial charge in [-0.05, 0) is 64.8 Å². The first kappa shape index (κ1) is 16.5. The second-order valence-electron chi connectivity index (χ2n) is 4.96. The third-order valence-electron chi connectivity index (χ3n) is 3.20. The van der Waals surface area contributed by atoms with Crippen molar-refractivity contribution in [1.29, 1.82) is 0 Å². The van der Waals surface area contributed by atoms with E-state index in [1.165, 1.54) is 0 Å². The standard InChI is InChI=1S/C17H15BrN2OS2/c18-13-10-15(23-11-13)6-7-16(21)12-2-4-14(5-3-12)20-17-19-8-1-9-22-17/h2-7,10-11H,1,8-9H2,(H,19,20). The van der Waals surface area contributed by atoms with Gasteiger partial charge in [0.15, 0.2) is 11.0 Å². The molecule has 1 aromatic carbocycles. The molecule has 0 spiro atoms. The van der Waals surface area contributed by atoms with E-state index in [0.717, 1.165) is 38.9 Å². The zero-order valence-electron chi connectivity index (χ0n) is 12.3. The van der Waals surface area contributed by atoms with Gasteiger partial charge >= 0.3 is 0 Å². The Morgan fingerprint density at radius 2 is 2.13 bits per heavy atom. The third-order valence-corrected chi connectivity index (χ3v) is 5.86. The number of ketones is 1. The number of thiophene rings is 1. The lowest BCUT2D eigenvalue weighted by Crippen LogP contribution is -2.13. The average Bonchev–Trinajstić information content (AvgIpc) is 3.00. The summed E-state index contributed by atoms with van der Waals surface area (Å²) in [5.74, 6) is 1.11. The molecule has 3 nitrogen and oxygen atoms in total. The summed E-state index contributed by atoms with van der Waals surface area (Å²) in [7, 11) is 0. The number of thioether (sulfide) groups is 1. The largest absolute Gasteiger partial charge is 0.335 e. The topological polar surface area (TPSA) is 41.5 Å². The number of hydrogen-bond donors (Lipinski definition) is 1. The van der Waals surface area contributed by atoms with E-state index < -0.39 is 0 Å². The quantitative estimate of drug-likeness (QED) is 0.552. The molecule has 3 rings (SSSR count). The van der Waals surface area contributed by atoms with Crippen LogP contribution in [0, 0.1) is 0 Å². The second kappa shape index (κ2) is 7.95. The zero-order chi connectivity index (χ0) is 16.1. The van der Waals surface area contributed by atoms with E-state index in [1.807, 2.05) is 41.8 Å². The highest BCUT2D eigenvalue weighted by atomic mass is 79.9. The molecule has 2 aromatic rings. The second-order valence-corrected chi connectivity index (χ2v) is 7.90. The van der Waals surface area contributed by atoms with Crippen molar-refractivity contribution in [2.24, 2.45) is 4.99 Å². The molecular weight excluding hydrogens is 392 g/mol. The van der Waals surface area contributed by atoms with Crippen LogP contribution in [0.5, 0.6) is 0 Å². The Kier molecular flexibility index (Phi) is 5.70. The van der Waals surface area contributed by atoms with Crippen molar-refractivity contribution in [2.45, 2.75) is 6.42 Å². The number of allylic oxidation sites excluding steroid dienone is 1. The minimum atomic E-state index is 0.00505. The first-order chi connectivity index (χ1) is 11.2. The average molecular weight is 407 g/mol. The Morgan fingerprint density at radius 1 is 1.30 bits per heavy atom. The first-order valence-corrected chi connectivity index (χ1v) is 9.87. The van der Waals surface area contributed by atoms with Crippen molar-refractivity contribution in [3.8, 4) is 0 Å². The predicted octanol–water partition coefficient (Wildman–Crippen LogP) is 5.31. The number of amidine groups is 1. The molecule has 0 saturated carbocycles. The number of hydrogen-bond acceptors (Lipinski definition) is 5. The highest BCUT2D eigenvalue weighted by molar-refractivity contribution is 9.10. The molecule has 0 atom stereocenters. The molecule has 0 saturated heterocycles. The van der Waals surface area contributed by atoms with Gasteiger partial charge in [-0.1, -0.05) is 11.8 Å². The van der Waals surface area contributed by atoms with E-state index in [4.69, 9.17) is 0 Å². The molecule has 2 heterocycles. The summed E-state index contributed by atoms with van der Waals surface area (Å²) in [6, 6.07) is 9.51. The fourth-order valence-corrected chi connectivity index (χ4v) is 4.22. The Morgan fingerprint density at radius 3 is 2.78 bits per heavy atom. The summed E-state index contributed by atoms with van der Waals surface area (Å²) in [5, 5.41) is 6.24. The number of halogens is 1. The highest BCUT2D eigenvalue weighted by Crippen LogP contribution is 2.21. The molecule has 1 N–H and O–H groups in total. The van der Waals surface area contributed by atoms with E-state index in [-0.39, 0.29) is 5.78 Å². The maximum absolute atomic E-state index is 12.2.